The Bertz CT molecular complexity index is 903. The van der Waals surface area contributed by atoms with Gasteiger partial charge in [-0.3, -0.25) is 4.98 Å². The maximum Gasteiger partial charge on any atom is 0.138 e. The Kier molecular flexibility index (Phi) is 4.28. The van der Waals surface area contributed by atoms with Crippen LogP contribution in [0.25, 0.3) is 22.2 Å². The minimum atomic E-state index is 0.771. The van der Waals surface area contributed by atoms with E-state index in [0.29, 0.717) is 0 Å². The number of nitrogens with zero attached hydrogens (tertiary/aromatic N) is 3. The molecule has 4 nitrogen and oxygen atoms in total. The first-order valence-corrected chi connectivity index (χ1v) is 9.55. The molecule has 0 bridgehead atoms. The van der Waals surface area contributed by atoms with E-state index in [4.69, 9.17) is 9.72 Å². The minimum Gasteiger partial charge on any atom is -0.378 e. The first-order valence-electron chi connectivity index (χ1n) is 7.99. The second-order valence-electron chi connectivity index (χ2n) is 6.10. The zero-order valence-electron chi connectivity index (χ0n) is 13.7. The number of halogens is 1. The van der Waals surface area contributed by atoms with E-state index >= 15 is 0 Å². The summed E-state index contributed by atoms with van der Waals surface area (Å²) in [7, 11) is 0. The number of aryl methyl sites for hydroxylation is 2. The molecule has 1 aromatic carbocycles. The number of benzene rings is 1. The van der Waals surface area contributed by atoms with Gasteiger partial charge in [-0.15, -0.1) is 0 Å². The number of pyridine rings is 1. The highest BCUT2D eigenvalue weighted by molar-refractivity contribution is 9.10. The van der Waals surface area contributed by atoms with Gasteiger partial charge in [-0.2, -0.15) is 4.37 Å². The van der Waals surface area contributed by atoms with Crippen molar-refractivity contribution in [2.75, 3.05) is 31.2 Å². The summed E-state index contributed by atoms with van der Waals surface area (Å²) in [5, 5.41) is 1.15. The molecule has 24 heavy (non-hydrogen) atoms. The Morgan fingerprint density at radius 2 is 1.88 bits per heavy atom. The molecule has 124 valence electrons. The zero-order chi connectivity index (χ0) is 16.7. The van der Waals surface area contributed by atoms with E-state index in [2.05, 4.69) is 57.2 Å². The van der Waals surface area contributed by atoms with Crippen molar-refractivity contribution in [3.05, 3.63) is 40.0 Å². The Morgan fingerprint density at radius 1 is 1.12 bits per heavy atom. The van der Waals surface area contributed by atoms with Crippen molar-refractivity contribution in [2.45, 2.75) is 13.8 Å². The highest BCUT2D eigenvalue weighted by Crippen LogP contribution is 2.35. The van der Waals surface area contributed by atoms with Gasteiger partial charge in [0.1, 0.15) is 16.0 Å². The maximum atomic E-state index is 5.44. The van der Waals surface area contributed by atoms with E-state index in [9.17, 15) is 0 Å². The molecule has 3 aromatic rings. The van der Waals surface area contributed by atoms with Gasteiger partial charge in [0, 0.05) is 29.3 Å². The number of anilines is 1. The van der Waals surface area contributed by atoms with Gasteiger partial charge in [0.25, 0.3) is 0 Å². The first kappa shape index (κ1) is 16.0. The van der Waals surface area contributed by atoms with Crippen LogP contribution in [0.3, 0.4) is 0 Å². The van der Waals surface area contributed by atoms with Crippen LogP contribution in [-0.4, -0.2) is 35.7 Å². The van der Waals surface area contributed by atoms with Gasteiger partial charge in [0.15, 0.2) is 0 Å². The van der Waals surface area contributed by atoms with E-state index < -0.39 is 0 Å². The Hall–Kier alpha value is -1.50. The smallest absolute Gasteiger partial charge is 0.138 e. The lowest BCUT2D eigenvalue weighted by atomic mass is 10.0. The Morgan fingerprint density at radius 3 is 2.67 bits per heavy atom. The van der Waals surface area contributed by atoms with Crippen LogP contribution in [0.5, 0.6) is 0 Å². The van der Waals surface area contributed by atoms with Crippen LogP contribution in [0.1, 0.15) is 11.1 Å². The molecule has 0 amide bonds. The van der Waals surface area contributed by atoms with E-state index in [1.165, 1.54) is 22.7 Å². The van der Waals surface area contributed by atoms with Gasteiger partial charge in [-0.1, -0.05) is 15.9 Å². The first-order chi connectivity index (χ1) is 11.6. The summed E-state index contributed by atoms with van der Waals surface area (Å²) >= 11 is 5.21. The van der Waals surface area contributed by atoms with E-state index in [1.54, 1.807) is 0 Å². The fraction of sp³-hybridized carbons (Fsp3) is 0.333. The molecule has 1 saturated heterocycles. The predicted octanol–water partition coefficient (Wildman–Crippen LogP) is 4.57. The van der Waals surface area contributed by atoms with Gasteiger partial charge in [-0.05, 0) is 60.3 Å². The van der Waals surface area contributed by atoms with Crippen LogP contribution in [-0.2, 0) is 4.74 Å². The van der Waals surface area contributed by atoms with Crippen molar-refractivity contribution in [1.29, 1.82) is 0 Å². The summed E-state index contributed by atoms with van der Waals surface area (Å²) in [5.41, 5.74) is 6.77. The third-order valence-corrected chi connectivity index (χ3v) is 6.06. The van der Waals surface area contributed by atoms with Crippen molar-refractivity contribution in [3.63, 3.8) is 0 Å². The Labute approximate surface area is 153 Å². The average molecular weight is 404 g/mol. The molecule has 3 heterocycles. The van der Waals surface area contributed by atoms with Crippen molar-refractivity contribution < 1.29 is 4.74 Å². The lowest BCUT2D eigenvalue weighted by Gasteiger charge is -2.26. The molecule has 0 spiro atoms. The molecule has 0 unspecified atom stereocenters. The van der Waals surface area contributed by atoms with Crippen LogP contribution in [0.2, 0.25) is 0 Å². The molecular formula is C18H18BrN3OS. The predicted molar refractivity (Wildman–Crippen MR) is 103 cm³/mol. The number of hydrogen-bond donors (Lipinski definition) is 0. The lowest BCUT2D eigenvalue weighted by Crippen LogP contribution is -2.35. The van der Waals surface area contributed by atoms with E-state index in [-0.39, 0.29) is 0 Å². The summed E-state index contributed by atoms with van der Waals surface area (Å²) in [6, 6.07) is 6.50. The summed E-state index contributed by atoms with van der Waals surface area (Å²) in [5.74, 6) is 0. The summed E-state index contributed by atoms with van der Waals surface area (Å²) in [6.45, 7) is 7.62. The SMILES string of the molecule is Cc1cc(Br)c(-c2cnc3c(N4CCOCC4)snc3c2)cc1C. The molecule has 0 radical (unpaired) electrons. The topological polar surface area (TPSA) is 38.2 Å². The van der Waals surface area contributed by atoms with Crippen LogP contribution in [0.4, 0.5) is 5.00 Å². The molecule has 4 rings (SSSR count). The number of aromatic nitrogens is 2. The molecule has 0 aliphatic carbocycles. The molecule has 0 saturated carbocycles. The standard InChI is InChI=1S/C18H18BrN3OS/c1-11-7-14(15(19)8-12(11)2)13-9-16-17(20-10-13)18(24-21-16)22-3-5-23-6-4-22/h7-10H,3-6H2,1-2H3. The molecule has 0 atom stereocenters. The highest BCUT2D eigenvalue weighted by atomic mass is 79.9. The molecular weight excluding hydrogens is 386 g/mol. The minimum absolute atomic E-state index is 0.771. The monoisotopic (exact) mass is 403 g/mol. The molecule has 1 fully saturated rings. The summed E-state index contributed by atoms with van der Waals surface area (Å²) in [4.78, 5) is 7.05. The van der Waals surface area contributed by atoms with Crippen LogP contribution in [0.15, 0.2) is 28.9 Å². The summed E-state index contributed by atoms with van der Waals surface area (Å²) in [6.07, 6.45) is 1.95. The van der Waals surface area contributed by atoms with Gasteiger partial charge < -0.3 is 9.64 Å². The van der Waals surface area contributed by atoms with Gasteiger partial charge >= 0.3 is 0 Å². The third-order valence-electron chi connectivity index (χ3n) is 4.49. The van der Waals surface area contributed by atoms with Crippen molar-refractivity contribution >= 4 is 43.5 Å². The Balaban J connectivity index is 1.76. The van der Waals surface area contributed by atoms with Crippen LogP contribution >= 0.6 is 27.5 Å². The lowest BCUT2D eigenvalue weighted by molar-refractivity contribution is 0.123. The maximum absolute atomic E-state index is 5.44. The third kappa shape index (κ3) is 2.83. The van der Waals surface area contributed by atoms with Gasteiger partial charge in [-0.25, -0.2) is 0 Å². The van der Waals surface area contributed by atoms with Crippen molar-refractivity contribution in [2.24, 2.45) is 0 Å². The quantitative estimate of drug-likeness (QED) is 0.627. The number of morpholine rings is 1. The van der Waals surface area contributed by atoms with Crippen molar-refractivity contribution in [1.82, 2.24) is 9.36 Å². The zero-order valence-corrected chi connectivity index (χ0v) is 16.1. The number of hydrogen-bond acceptors (Lipinski definition) is 5. The molecule has 0 N–H and O–H groups in total. The second kappa shape index (κ2) is 6.43. The van der Waals surface area contributed by atoms with E-state index in [1.807, 2.05) is 6.20 Å². The molecule has 6 heteroatoms. The number of ether oxygens (including phenoxy) is 1. The largest absolute Gasteiger partial charge is 0.378 e. The van der Waals surface area contributed by atoms with Gasteiger partial charge in [0.2, 0.25) is 0 Å². The second-order valence-corrected chi connectivity index (χ2v) is 7.70. The van der Waals surface area contributed by atoms with Gasteiger partial charge in [0.05, 0.1) is 13.2 Å². The van der Waals surface area contributed by atoms with Crippen molar-refractivity contribution in [3.8, 4) is 11.1 Å². The number of fused-ring (bicyclic) bond motifs is 1. The molecule has 1 aliphatic rings. The van der Waals surface area contributed by atoms with Crippen LogP contribution < -0.4 is 4.90 Å². The normalized spacial score (nSPS) is 15.2. The highest BCUT2D eigenvalue weighted by Gasteiger charge is 2.18. The average Bonchev–Trinajstić information content (AvgIpc) is 3.02. The number of rotatable bonds is 2. The molecule has 1 aliphatic heterocycles. The summed E-state index contributed by atoms with van der Waals surface area (Å²) < 4.78 is 11.2. The van der Waals surface area contributed by atoms with E-state index in [0.717, 1.165) is 57.9 Å². The van der Waals surface area contributed by atoms with Crippen LogP contribution in [0, 0.1) is 13.8 Å². The fourth-order valence-corrected chi connectivity index (χ4v) is 4.50. The fourth-order valence-electron chi connectivity index (χ4n) is 2.95. The molecule has 2 aromatic heterocycles.